The van der Waals surface area contributed by atoms with Gasteiger partial charge in [0.05, 0.1) is 6.61 Å². The first-order chi connectivity index (χ1) is 9.31. The minimum absolute atomic E-state index is 0.212. The van der Waals surface area contributed by atoms with Gasteiger partial charge in [0, 0.05) is 37.6 Å². The summed E-state index contributed by atoms with van der Waals surface area (Å²) in [6, 6.07) is 0.246. The molecule has 1 heterocycles. The first kappa shape index (κ1) is 17.4. The van der Waals surface area contributed by atoms with E-state index in [9.17, 15) is 9.90 Å². The predicted octanol–water partition coefficient (Wildman–Crippen LogP) is 1.97. The van der Waals surface area contributed by atoms with Gasteiger partial charge < -0.3 is 10.0 Å². The molecule has 1 rings (SSSR count). The average Bonchev–Trinajstić information content (AvgIpc) is 2.38. The third-order valence-electron chi connectivity index (χ3n) is 4.30. The molecule has 4 nitrogen and oxygen atoms in total. The van der Waals surface area contributed by atoms with Gasteiger partial charge >= 0.3 is 0 Å². The van der Waals surface area contributed by atoms with Gasteiger partial charge in [0.15, 0.2) is 0 Å². The van der Waals surface area contributed by atoms with Gasteiger partial charge in [-0.2, -0.15) is 0 Å². The molecule has 20 heavy (non-hydrogen) atoms. The van der Waals surface area contributed by atoms with Crippen molar-refractivity contribution < 1.29 is 9.90 Å². The summed E-state index contributed by atoms with van der Waals surface area (Å²) in [6.07, 6.45) is 1.89. The maximum atomic E-state index is 12.6. The van der Waals surface area contributed by atoms with E-state index in [1.807, 2.05) is 4.90 Å². The van der Waals surface area contributed by atoms with Gasteiger partial charge in [0.1, 0.15) is 0 Å². The van der Waals surface area contributed by atoms with Gasteiger partial charge in [-0.25, -0.2) is 0 Å². The number of aliphatic hydroxyl groups excluding tert-OH is 1. The summed E-state index contributed by atoms with van der Waals surface area (Å²) in [4.78, 5) is 16.9. The summed E-state index contributed by atoms with van der Waals surface area (Å²) in [5.74, 6) is 0.817. The maximum absolute atomic E-state index is 12.6. The Morgan fingerprint density at radius 3 is 2.15 bits per heavy atom. The second-order valence-electron chi connectivity index (χ2n) is 7.05. The lowest BCUT2D eigenvalue weighted by molar-refractivity contribution is -0.143. The highest BCUT2D eigenvalue weighted by molar-refractivity contribution is 5.82. The number of rotatable bonds is 6. The molecule has 1 aliphatic rings. The summed E-state index contributed by atoms with van der Waals surface area (Å²) in [6.45, 7) is 14.1. The maximum Gasteiger partial charge on any atom is 0.228 e. The van der Waals surface area contributed by atoms with Crippen molar-refractivity contribution in [3.8, 4) is 0 Å². The Balaban J connectivity index is 2.54. The smallest absolute Gasteiger partial charge is 0.228 e. The third kappa shape index (κ3) is 4.45. The van der Waals surface area contributed by atoms with Crippen LogP contribution < -0.4 is 0 Å². The van der Waals surface area contributed by atoms with Crippen LogP contribution in [0.1, 0.15) is 47.5 Å². The molecule has 0 aromatic rings. The van der Waals surface area contributed by atoms with Gasteiger partial charge in [-0.3, -0.25) is 9.69 Å². The number of hydrogen-bond acceptors (Lipinski definition) is 3. The van der Waals surface area contributed by atoms with E-state index in [-0.39, 0.29) is 24.0 Å². The van der Waals surface area contributed by atoms with E-state index < -0.39 is 0 Å². The zero-order valence-electron chi connectivity index (χ0n) is 13.9. The van der Waals surface area contributed by atoms with Crippen LogP contribution in [-0.2, 0) is 4.79 Å². The molecule has 0 aromatic heterocycles. The van der Waals surface area contributed by atoms with Crippen LogP contribution in [-0.4, -0.2) is 59.6 Å². The van der Waals surface area contributed by atoms with E-state index in [0.717, 1.165) is 39.0 Å². The van der Waals surface area contributed by atoms with Gasteiger partial charge in [-0.05, 0) is 18.8 Å². The number of amides is 1. The fourth-order valence-electron chi connectivity index (χ4n) is 3.33. The topological polar surface area (TPSA) is 43.8 Å². The van der Waals surface area contributed by atoms with Crippen molar-refractivity contribution in [1.82, 2.24) is 9.80 Å². The van der Waals surface area contributed by atoms with Crippen LogP contribution in [0.2, 0.25) is 0 Å². The van der Waals surface area contributed by atoms with E-state index in [1.54, 1.807) is 0 Å². The van der Waals surface area contributed by atoms with E-state index in [1.165, 1.54) is 0 Å². The van der Waals surface area contributed by atoms with Crippen molar-refractivity contribution in [2.24, 2.45) is 11.3 Å². The Morgan fingerprint density at radius 2 is 1.75 bits per heavy atom. The number of hydrogen-bond donors (Lipinski definition) is 1. The molecule has 4 heteroatoms. The number of carbonyl (C=O) groups is 1. The molecule has 118 valence electrons. The van der Waals surface area contributed by atoms with Crippen LogP contribution in [0.3, 0.4) is 0 Å². The summed E-state index contributed by atoms with van der Waals surface area (Å²) in [5, 5.41) is 9.36. The molecule has 1 aliphatic heterocycles. The molecule has 0 radical (unpaired) electrons. The van der Waals surface area contributed by atoms with Crippen LogP contribution >= 0.6 is 0 Å². The van der Waals surface area contributed by atoms with Crippen LogP contribution in [0.25, 0.3) is 0 Å². The highest BCUT2D eigenvalue weighted by atomic mass is 16.3. The monoisotopic (exact) mass is 284 g/mol. The Kier molecular flexibility index (Phi) is 6.46. The molecule has 0 aliphatic carbocycles. The molecule has 1 amide bonds. The highest BCUT2D eigenvalue weighted by Crippen LogP contribution is 2.28. The average molecular weight is 284 g/mol. The largest absolute Gasteiger partial charge is 0.395 e. The summed E-state index contributed by atoms with van der Waals surface area (Å²) < 4.78 is 0. The molecule has 0 saturated carbocycles. The molecular weight excluding hydrogens is 252 g/mol. The first-order valence-electron chi connectivity index (χ1n) is 7.96. The number of aliphatic hydroxyl groups is 1. The Morgan fingerprint density at radius 1 is 1.20 bits per heavy atom. The SMILES string of the molecule is CCC(CO)N1CCN(C(=O)C(C)(C)CC(C)C)CC1. The van der Waals surface area contributed by atoms with Crippen LogP contribution in [0.5, 0.6) is 0 Å². The Hall–Kier alpha value is -0.610. The molecule has 1 saturated heterocycles. The zero-order chi connectivity index (χ0) is 15.3. The fraction of sp³-hybridized carbons (Fsp3) is 0.938. The van der Waals surface area contributed by atoms with Crippen molar-refractivity contribution >= 4 is 5.91 Å². The second-order valence-corrected chi connectivity index (χ2v) is 7.05. The highest BCUT2D eigenvalue weighted by Gasteiger charge is 2.34. The molecule has 0 bridgehead atoms. The van der Waals surface area contributed by atoms with Crippen molar-refractivity contribution in [2.75, 3.05) is 32.8 Å². The Labute approximate surface area is 124 Å². The van der Waals surface area contributed by atoms with Crippen molar-refractivity contribution in [3.05, 3.63) is 0 Å². The lowest BCUT2D eigenvalue weighted by Gasteiger charge is -2.41. The summed E-state index contributed by atoms with van der Waals surface area (Å²) in [7, 11) is 0. The summed E-state index contributed by atoms with van der Waals surface area (Å²) >= 11 is 0. The number of nitrogens with zero attached hydrogens (tertiary/aromatic N) is 2. The van der Waals surface area contributed by atoms with E-state index in [4.69, 9.17) is 0 Å². The molecule has 1 fully saturated rings. The predicted molar refractivity (Wildman–Crippen MR) is 82.6 cm³/mol. The second kappa shape index (κ2) is 7.41. The lowest BCUT2D eigenvalue weighted by Crippen LogP contribution is -2.55. The fourth-order valence-corrected chi connectivity index (χ4v) is 3.33. The number of carbonyl (C=O) groups excluding carboxylic acids is 1. The minimum atomic E-state index is -0.266. The van der Waals surface area contributed by atoms with Gasteiger partial charge in [-0.15, -0.1) is 0 Å². The summed E-state index contributed by atoms with van der Waals surface area (Å²) in [5.41, 5.74) is -0.266. The van der Waals surface area contributed by atoms with Gasteiger partial charge in [-0.1, -0.05) is 34.6 Å². The molecule has 0 spiro atoms. The first-order valence-corrected chi connectivity index (χ1v) is 7.96. The van der Waals surface area contributed by atoms with Crippen LogP contribution in [0.15, 0.2) is 0 Å². The van der Waals surface area contributed by atoms with Gasteiger partial charge in [0.2, 0.25) is 5.91 Å². The van der Waals surface area contributed by atoms with Crippen molar-refractivity contribution in [2.45, 2.75) is 53.5 Å². The van der Waals surface area contributed by atoms with Crippen LogP contribution in [0, 0.1) is 11.3 Å². The van der Waals surface area contributed by atoms with E-state index in [0.29, 0.717) is 5.92 Å². The number of piperazine rings is 1. The minimum Gasteiger partial charge on any atom is -0.395 e. The van der Waals surface area contributed by atoms with E-state index >= 15 is 0 Å². The van der Waals surface area contributed by atoms with Gasteiger partial charge in [0.25, 0.3) is 0 Å². The normalized spacial score (nSPS) is 19.4. The molecule has 1 N–H and O–H groups in total. The molecular formula is C16H32N2O2. The van der Waals surface area contributed by atoms with Crippen LogP contribution in [0.4, 0.5) is 0 Å². The molecule has 1 unspecified atom stereocenters. The Bertz CT molecular complexity index is 304. The third-order valence-corrected chi connectivity index (χ3v) is 4.30. The standard InChI is InChI=1S/C16H32N2O2/c1-6-14(12-19)17-7-9-18(10-8-17)15(20)16(4,5)11-13(2)3/h13-14,19H,6-12H2,1-5H3. The quantitative estimate of drug-likeness (QED) is 0.811. The zero-order valence-corrected chi connectivity index (χ0v) is 13.9. The van der Waals surface area contributed by atoms with Crippen molar-refractivity contribution in [3.63, 3.8) is 0 Å². The molecule has 1 atom stereocenters. The lowest BCUT2D eigenvalue weighted by atomic mass is 9.82. The van der Waals surface area contributed by atoms with E-state index in [2.05, 4.69) is 39.5 Å². The molecule has 0 aromatic carbocycles. The van der Waals surface area contributed by atoms with Crippen molar-refractivity contribution in [1.29, 1.82) is 0 Å².